The Hall–Kier alpha value is -0.890. The Labute approximate surface area is 172 Å². The molecule has 4 aliphatic rings. The highest BCUT2D eigenvalue weighted by molar-refractivity contribution is 5.92. The van der Waals surface area contributed by atoms with Crippen LogP contribution in [-0.4, -0.2) is 17.0 Å². The van der Waals surface area contributed by atoms with Crippen molar-refractivity contribution in [3.05, 3.63) is 23.8 Å². The summed E-state index contributed by atoms with van der Waals surface area (Å²) in [6.45, 7) is 9.19. The predicted molar refractivity (Wildman–Crippen MR) is 117 cm³/mol. The first-order valence-electron chi connectivity index (χ1n) is 11.4. The molecule has 28 heavy (non-hydrogen) atoms. The molecule has 0 radical (unpaired) electrons. The van der Waals surface area contributed by atoms with E-state index in [2.05, 4.69) is 39.8 Å². The van der Waals surface area contributed by atoms with Gasteiger partial charge in [-0.15, -0.1) is 0 Å². The molecule has 0 aliphatic heterocycles. The van der Waals surface area contributed by atoms with Crippen LogP contribution in [0.4, 0.5) is 0 Å². The monoisotopic (exact) mass is 386 g/mol. The zero-order valence-electron chi connectivity index (χ0n) is 17.7. The van der Waals surface area contributed by atoms with Gasteiger partial charge in [-0.05, 0) is 91.9 Å². The third-order valence-corrected chi connectivity index (χ3v) is 9.07. The fraction of sp³-hybridized carbons (Fsp3) is 0.808. The fourth-order valence-electron chi connectivity index (χ4n) is 7.51. The molecule has 1 N–H and O–H groups in total. The van der Waals surface area contributed by atoms with Crippen molar-refractivity contribution in [2.45, 2.75) is 92.6 Å². The Morgan fingerprint density at radius 2 is 1.89 bits per heavy atom. The SMILES string of the molecule is C.CC(C)/C=C/C(=O)C1CCC2C3CC=C4CC(O)CCC4(C)C3CCC12C. The van der Waals surface area contributed by atoms with E-state index >= 15 is 0 Å². The number of carbonyl (C=O) groups excluding carboxylic acids is 1. The number of aliphatic hydroxyl groups is 1. The van der Waals surface area contributed by atoms with Crippen molar-refractivity contribution in [3.8, 4) is 0 Å². The van der Waals surface area contributed by atoms with Gasteiger partial charge in [-0.25, -0.2) is 0 Å². The number of hydrogen-bond acceptors (Lipinski definition) is 2. The second-order valence-corrected chi connectivity index (χ2v) is 10.8. The molecule has 0 aromatic carbocycles. The van der Waals surface area contributed by atoms with E-state index in [1.165, 1.54) is 31.3 Å². The maximum absolute atomic E-state index is 13.0. The van der Waals surface area contributed by atoms with E-state index in [1.54, 1.807) is 0 Å². The largest absolute Gasteiger partial charge is 0.393 e. The molecule has 0 bridgehead atoms. The molecular formula is C26H42O2. The molecule has 0 saturated heterocycles. The molecule has 0 aromatic heterocycles. The summed E-state index contributed by atoms with van der Waals surface area (Å²) in [5, 5.41) is 10.2. The highest BCUT2D eigenvalue weighted by atomic mass is 16.3. The van der Waals surface area contributed by atoms with Crippen molar-refractivity contribution in [2.75, 3.05) is 0 Å². The van der Waals surface area contributed by atoms with Gasteiger partial charge in [0.2, 0.25) is 0 Å². The average Bonchev–Trinajstić information content (AvgIpc) is 2.97. The molecule has 7 atom stereocenters. The zero-order valence-corrected chi connectivity index (χ0v) is 17.7. The van der Waals surface area contributed by atoms with E-state index in [4.69, 9.17) is 0 Å². The summed E-state index contributed by atoms with van der Waals surface area (Å²) in [6, 6.07) is 0. The maximum Gasteiger partial charge on any atom is 0.159 e. The Bertz CT molecular complexity index is 659. The molecule has 3 fully saturated rings. The van der Waals surface area contributed by atoms with Crippen LogP contribution in [0.3, 0.4) is 0 Å². The van der Waals surface area contributed by atoms with Gasteiger partial charge in [0.15, 0.2) is 5.78 Å². The maximum atomic E-state index is 13.0. The van der Waals surface area contributed by atoms with Crippen LogP contribution in [0.2, 0.25) is 0 Å². The van der Waals surface area contributed by atoms with Crippen molar-refractivity contribution in [3.63, 3.8) is 0 Å². The van der Waals surface area contributed by atoms with Gasteiger partial charge in [-0.3, -0.25) is 4.79 Å². The number of rotatable bonds is 3. The summed E-state index contributed by atoms with van der Waals surface area (Å²) in [4.78, 5) is 13.0. The fourth-order valence-corrected chi connectivity index (χ4v) is 7.51. The van der Waals surface area contributed by atoms with E-state index in [9.17, 15) is 9.90 Å². The average molecular weight is 387 g/mol. The van der Waals surface area contributed by atoms with Crippen LogP contribution < -0.4 is 0 Å². The van der Waals surface area contributed by atoms with Crippen molar-refractivity contribution in [1.82, 2.24) is 0 Å². The highest BCUT2D eigenvalue weighted by Gasteiger charge is 2.59. The molecule has 7 unspecified atom stereocenters. The standard InChI is InChI=1S/C25H38O2.CH4/c1-16(2)5-10-23(27)22-9-8-20-19-7-6-17-15-18(26)11-13-24(17,3)21(19)12-14-25(20,22)4;/h5-6,10,16,18-22,26H,7-9,11-15H2,1-4H3;1H4/b10-5+;. The molecule has 4 aliphatic carbocycles. The van der Waals surface area contributed by atoms with Crippen molar-refractivity contribution >= 4 is 5.78 Å². The Balaban J connectivity index is 0.00000225. The van der Waals surface area contributed by atoms with E-state index < -0.39 is 0 Å². The zero-order chi connectivity index (χ0) is 19.4. The third-order valence-electron chi connectivity index (χ3n) is 9.07. The second kappa shape index (κ2) is 7.74. The topological polar surface area (TPSA) is 37.3 Å². The summed E-state index contributed by atoms with van der Waals surface area (Å²) < 4.78 is 0. The van der Waals surface area contributed by atoms with Crippen molar-refractivity contribution < 1.29 is 9.90 Å². The summed E-state index contributed by atoms with van der Waals surface area (Å²) in [5.74, 6) is 3.23. The lowest BCUT2D eigenvalue weighted by Crippen LogP contribution is -2.50. The van der Waals surface area contributed by atoms with Crippen LogP contribution in [0.15, 0.2) is 23.8 Å². The summed E-state index contributed by atoms with van der Waals surface area (Å²) in [5.41, 5.74) is 2.02. The molecule has 2 nitrogen and oxygen atoms in total. The Morgan fingerprint density at radius 3 is 2.61 bits per heavy atom. The second-order valence-electron chi connectivity index (χ2n) is 10.8. The van der Waals surface area contributed by atoms with Crippen LogP contribution in [0.25, 0.3) is 0 Å². The number of ketones is 1. The predicted octanol–water partition coefficient (Wildman–Crippen LogP) is 6.34. The van der Waals surface area contributed by atoms with Crippen molar-refractivity contribution in [2.24, 2.45) is 40.4 Å². The first-order chi connectivity index (χ1) is 12.8. The molecule has 0 amide bonds. The van der Waals surface area contributed by atoms with Crippen molar-refractivity contribution in [1.29, 1.82) is 0 Å². The molecule has 158 valence electrons. The molecule has 3 saturated carbocycles. The number of carbonyl (C=O) groups is 1. The van der Waals surface area contributed by atoms with Crippen LogP contribution in [0.5, 0.6) is 0 Å². The van der Waals surface area contributed by atoms with Gasteiger partial charge in [0, 0.05) is 5.92 Å². The number of allylic oxidation sites excluding steroid dienone is 3. The first-order valence-corrected chi connectivity index (χ1v) is 11.4. The number of fused-ring (bicyclic) bond motifs is 5. The van der Waals surface area contributed by atoms with Gasteiger partial charge in [-0.2, -0.15) is 0 Å². The van der Waals surface area contributed by atoms with Gasteiger partial charge in [-0.1, -0.05) is 52.8 Å². The Kier molecular flexibility index (Phi) is 6.03. The van der Waals surface area contributed by atoms with Gasteiger partial charge >= 0.3 is 0 Å². The van der Waals surface area contributed by atoms with Gasteiger partial charge < -0.3 is 5.11 Å². The lowest BCUT2D eigenvalue weighted by atomic mass is 9.47. The van der Waals surface area contributed by atoms with Crippen LogP contribution >= 0.6 is 0 Å². The van der Waals surface area contributed by atoms with E-state index in [0.29, 0.717) is 23.0 Å². The van der Waals surface area contributed by atoms with Gasteiger partial charge in [0.25, 0.3) is 0 Å². The number of hydrogen-bond donors (Lipinski definition) is 1. The lowest BCUT2D eigenvalue weighted by Gasteiger charge is -2.57. The lowest BCUT2D eigenvalue weighted by molar-refractivity contribution is -0.124. The summed E-state index contributed by atoms with van der Waals surface area (Å²) in [7, 11) is 0. The van der Waals surface area contributed by atoms with Gasteiger partial charge in [0.05, 0.1) is 6.10 Å². The van der Waals surface area contributed by atoms with Crippen LogP contribution in [0, 0.1) is 40.4 Å². The third kappa shape index (κ3) is 3.34. The molecular weight excluding hydrogens is 344 g/mol. The minimum atomic E-state index is -0.129. The summed E-state index contributed by atoms with van der Waals surface area (Å²) >= 11 is 0. The van der Waals surface area contributed by atoms with Crippen LogP contribution in [-0.2, 0) is 4.79 Å². The van der Waals surface area contributed by atoms with Gasteiger partial charge in [0.1, 0.15) is 0 Å². The first kappa shape index (κ1) is 21.8. The Morgan fingerprint density at radius 1 is 1.14 bits per heavy atom. The van der Waals surface area contributed by atoms with E-state index in [0.717, 1.165) is 37.5 Å². The number of aliphatic hydroxyl groups excluding tert-OH is 1. The molecule has 2 heteroatoms. The minimum absolute atomic E-state index is 0. The highest BCUT2D eigenvalue weighted by Crippen LogP contribution is 2.66. The minimum Gasteiger partial charge on any atom is -0.393 e. The van der Waals surface area contributed by atoms with E-state index in [1.807, 2.05) is 6.08 Å². The van der Waals surface area contributed by atoms with E-state index in [-0.39, 0.29) is 24.9 Å². The quantitative estimate of drug-likeness (QED) is 0.453. The molecule has 4 rings (SSSR count). The molecule has 0 spiro atoms. The molecule has 0 aromatic rings. The smallest absolute Gasteiger partial charge is 0.159 e. The normalized spacial score (nSPS) is 45.1. The summed E-state index contributed by atoms with van der Waals surface area (Å²) in [6.07, 6.45) is 15.3. The van der Waals surface area contributed by atoms with Crippen LogP contribution in [0.1, 0.15) is 86.5 Å². The molecule has 0 heterocycles.